The Morgan fingerprint density at radius 2 is 2.24 bits per heavy atom. The van der Waals surface area contributed by atoms with Crippen molar-refractivity contribution < 1.29 is 4.79 Å². The van der Waals surface area contributed by atoms with E-state index in [-0.39, 0.29) is 17.2 Å². The quantitative estimate of drug-likeness (QED) is 0.836. The molecule has 17 heavy (non-hydrogen) atoms. The second-order valence-electron chi connectivity index (χ2n) is 5.40. The summed E-state index contributed by atoms with van der Waals surface area (Å²) in [4.78, 5) is 16.2. The summed E-state index contributed by atoms with van der Waals surface area (Å²) in [7, 11) is 0. The molecule has 4 heteroatoms. The highest BCUT2D eigenvalue weighted by atomic mass is 32.1. The van der Waals surface area contributed by atoms with Gasteiger partial charge in [-0.2, -0.15) is 0 Å². The van der Waals surface area contributed by atoms with Gasteiger partial charge in [-0.05, 0) is 25.2 Å². The van der Waals surface area contributed by atoms with Crippen molar-refractivity contribution in [2.45, 2.75) is 27.7 Å². The number of nitrogens with one attached hydrogen (secondary N) is 1. The van der Waals surface area contributed by atoms with E-state index in [2.05, 4.69) is 44.1 Å². The fraction of sp³-hybridized carbons (Fsp3) is 0.538. The van der Waals surface area contributed by atoms with Crippen LogP contribution in [-0.4, -0.2) is 10.9 Å². The summed E-state index contributed by atoms with van der Waals surface area (Å²) in [6.45, 7) is 8.43. The molecule has 1 aromatic heterocycles. The molecule has 1 heterocycles. The van der Waals surface area contributed by atoms with Crippen LogP contribution in [0.5, 0.6) is 0 Å². The lowest BCUT2D eigenvalue weighted by Crippen LogP contribution is -2.16. The van der Waals surface area contributed by atoms with E-state index in [9.17, 15) is 4.79 Å². The fourth-order valence-electron chi connectivity index (χ4n) is 2.32. The maximum Gasteiger partial charge on any atom is 0.230 e. The molecule has 1 fully saturated rings. The van der Waals surface area contributed by atoms with E-state index in [0.29, 0.717) is 11.0 Å². The van der Waals surface area contributed by atoms with Gasteiger partial charge in [0.25, 0.3) is 0 Å². The van der Waals surface area contributed by atoms with E-state index in [1.54, 1.807) is 6.20 Å². The second-order valence-corrected chi connectivity index (χ2v) is 6.29. The van der Waals surface area contributed by atoms with Gasteiger partial charge >= 0.3 is 0 Å². The Kier molecular flexibility index (Phi) is 3.08. The van der Waals surface area contributed by atoms with Crippen molar-refractivity contribution in [1.29, 1.82) is 0 Å². The largest absolute Gasteiger partial charge is 0.302 e. The fourth-order valence-corrected chi connectivity index (χ4v) is 2.85. The molecule has 0 unspecified atom stereocenters. The Morgan fingerprint density at radius 3 is 2.76 bits per heavy atom. The minimum atomic E-state index is 0.0681. The molecule has 2 rings (SSSR count). The summed E-state index contributed by atoms with van der Waals surface area (Å²) < 4.78 is 0. The molecule has 0 radical (unpaired) electrons. The Balaban J connectivity index is 2.04. The van der Waals surface area contributed by atoms with Crippen LogP contribution in [-0.2, 0) is 4.79 Å². The summed E-state index contributed by atoms with van der Waals surface area (Å²) in [5, 5.41) is 5.43. The maximum atomic E-state index is 12.1. The van der Waals surface area contributed by atoms with Crippen molar-refractivity contribution in [1.82, 2.24) is 4.98 Å². The van der Waals surface area contributed by atoms with Gasteiger partial charge in [-0.15, -0.1) is 11.3 Å². The Morgan fingerprint density at radius 1 is 1.53 bits per heavy atom. The van der Waals surface area contributed by atoms with Crippen LogP contribution >= 0.6 is 11.3 Å². The van der Waals surface area contributed by atoms with Gasteiger partial charge in [-0.25, -0.2) is 4.98 Å². The molecule has 1 aliphatic carbocycles. The highest BCUT2D eigenvalue weighted by Crippen LogP contribution is 2.59. The summed E-state index contributed by atoms with van der Waals surface area (Å²) in [6.07, 6.45) is 3.90. The Bertz CT molecular complexity index is 444. The van der Waals surface area contributed by atoms with E-state index in [0.717, 1.165) is 0 Å². The highest BCUT2D eigenvalue weighted by Gasteiger charge is 2.60. The van der Waals surface area contributed by atoms with Crippen LogP contribution in [0.2, 0.25) is 0 Å². The molecule has 0 saturated heterocycles. The van der Waals surface area contributed by atoms with Crippen molar-refractivity contribution in [2.75, 3.05) is 5.32 Å². The van der Waals surface area contributed by atoms with E-state index in [1.165, 1.54) is 16.9 Å². The molecule has 3 nitrogen and oxygen atoms in total. The number of aromatic nitrogens is 1. The summed E-state index contributed by atoms with van der Waals surface area (Å²) in [5.41, 5.74) is 1.34. The molecule has 1 N–H and O–H groups in total. The number of carbonyl (C=O) groups is 1. The van der Waals surface area contributed by atoms with Gasteiger partial charge in [0.05, 0.1) is 5.92 Å². The van der Waals surface area contributed by atoms with E-state index >= 15 is 0 Å². The number of nitrogens with zero attached hydrogens (tertiary/aromatic N) is 1. The van der Waals surface area contributed by atoms with Gasteiger partial charge in [-0.3, -0.25) is 4.79 Å². The van der Waals surface area contributed by atoms with Crippen molar-refractivity contribution >= 4 is 22.4 Å². The molecule has 0 bridgehead atoms. The van der Waals surface area contributed by atoms with E-state index < -0.39 is 0 Å². The first kappa shape index (κ1) is 12.3. The van der Waals surface area contributed by atoms with Gasteiger partial charge in [-0.1, -0.05) is 25.5 Å². The number of allylic oxidation sites excluding steroid dienone is 2. The van der Waals surface area contributed by atoms with Crippen molar-refractivity contribution in [3.8, 4) is 0 Å². The topological polar surface area (TPSA) is 42.0 Å². The Labute approximate surface area is 106 Å². The van der Waals surface area contributed by atoms with E-state index in [4.69, 9.17) is 0 Å². The lowest BCUT2D eigenvalue weighted by atomic mass is 10.1. The summed E-state index contributed by atoms with van der Waals surface area (Å²) >= 11 is 1.45. The third kappa shape index (κ3) is 2.41. The van der Waals surface area contributed by atoms with Crippen LogP contribution in [0.15, 0.2) is 23.2 Å². The zero-order valence-electron chi connectivity index (χ0n) is 10.7. The molecule has 1 amide bonds. The highest BCUT2D eigenvalue weighted by molar-refractivity contribution is 7.13. The molecule has 0 aliphatic heterocycles. The SMILES string of the molecule is CC(C)=C[C@H]1[C@@H](C(=O)Nc2nccs2)C1(C)C. The normalized spacial score (nSPS) is 25.2. The van der Waals surface area contributed by atoms with Crippen LogP contribution < -0.4 is 5.32 Å². The van der Waals surface area contributed by atoms with Crippen molar-refractivity contribution in [2.24, 2.45) is 17.3 Å². The predicted molar refractivity (Wildman–Crippen MR) is 70.9 cm³/mol. The lowest BCUT2D eigenvalue weighted by Gasteiger charge is -2.02. The first-order valence-corrected chi connectivity index (χ1v) is 6.66. The number of thiazole rings is 1. The molecule has 0 spiro atoms. The average molecular weight is 250 g/mol. The molecular weight excluding hydrogens is 232 g/mol. The van der Waals surface area contributed by atoms with Crippen LogP contribution in [0.3, 0.4) is 0 Å². The molecule has 1 aromatic rings. The van der Waals surface area contributed by atoms with E-state index in [1.807, 2.05) is 5.38 Å². The molecule has 0 aromatic carbocycles. The number of anilines is 1. The zero-order chi connectivity index (χ0) is 12.6. The van der Waals surface area contributed by atoms with Gasteiger partial charge in [0.1, 0.15) is 0 Å². The third-order valence-corrected chi connectivity index (χ3v) is 4.06. The molecule has 1 saturated carbocycles. The summed E-state index contributed by atoms with van der Waals surface area (Å²) in [6, 6.07) is 0. The monoisotopic (exact) mass is 250 g/mol. The van der Waals surface area contributed by atoms with Gasteiger partial charge < -0.3 is 5.32 Å². The van der Waals surface area contributed by atoms with Crippen molar-refractivity contribution in [3.63, 3.8) is 0 Å². The number of carbonyl (C=O) groups excluding carboxylic acids is 1. The second kappa shape index (κ2) is 4.26. The first-order valence-electron chi connectivity index (χ1n) is 5.78. The predicted octanol–water partition coefficient (Wildman–Crippen LogP) is 3.32. The minimum Gasteiger partial charge on any atom is -0.302 e. The lowest BCUT2D eigenvalue weighted by molar-refractivity contribution is -0.118. The number of amides is 1. The minimum absolute atomic E-state index is 0.0681. The van der Waals surface area contributed by atoms with Gasteiger partial charge in [0.15, 0.2) is 5.13 Å². The summed E-state index contributed by atoms with van der Waals surface area (Å²) in [5.74, 6) is 0.515. The smallest absolute Gasteiger partial charge is 0.230 e. The maximum absolute atomic E-state index is 12.1. The first-order chi connectivity index (χ1) is 7.93. The number of hydrogen-bond donors (Lipinski definition) is 1. The molecule has 2 atom stereocenters. The third-order valence-electron chi connectivity index (χ3n) is 3.37. The van der Waals surface area contributed by atoms with Crippen LogP contribution in [0.1, 0.15) is 27.7 Å². The van der Waals surface area contributed by atoms with Crippen LogP contribution in [0.4, 0.5) is 5.13 Å². The van der Waals surface area contributed by atoms with Crippen molar-refractivity contribution in [3.05, 3.63) is 23.2 Å². The van der Waals surface area contributed by atoms with Gasteiger partial charge in [0.2, 0.25) is 5.91 Å². The number of hydrogen-bond acceptors (Lipinski definition) is 3. The average Bonchev–Trinajstić information content (AvgIpc) is 2.64. The number of rotatable bonds is 3. The zero-order valence-corrected chi connectivity index (χ0v) is 11.5. The van der Waals surface area contributed by atoms with Crippen LogP contribution in [0, 0.1) is 17.3 Å². The standard InChI is InChI=1S/C13H18N2OS/c1-8(2)7-9-10(13(9,3)4)11(16)15-12-14-5-6-17-12/h5-7,9-10H,1-4H3,(H,14,15,16)/t9-,10-/m0/s1. The molecular formula is C13H18N2OS. The van der Waals surface area contributed by atoms with Gasteiger partial charge in [0, 0.05) is 11.6 Å². The Hall–Kier alpha value is -1.16. The molecule has 92 valence electrons. The van der Waals surface area contributed by atoms with Crippen LogP contribution in [0.25, 0.3) is 0 Å². The molecule has 1 aliphatic rings.